The van der Waals surface area contributed by atoms with Crippen LogP contribution in [0, 0.1) is 6.92 Å². The van der Waals surface area contributed by atoms with Gasteiger partial charge in [-0.25, -0.2) is 19.7 Å². The number of nitrogens with zero attached hydrogens (tertiary/aromatic N) is 3. The fraction of sp³-hybridized carbons (Fsp3) is 0.368. The maximum atomic E-state index is 12.4. The van der Waals surface area contributed by atoms with Gasteiger partial charge in [0.15, 0.2) is 5.82 Å². The molecule has 1 aromatic carbocycles. The minimum atomic E-state index is -0.983. The van der Waals surface area contributed by atoms with Crippen LogP contribution in [0.3, 0.4) is 0 Å². The van der Waals surface area contributed by atoms with Gasteiger partial charge in [0.25, 0.3) is 5.91 Å². The van der Waals surface area contributed by atoms with Crippen molar-refractivity contribution in [3.05, 3.63) is 36.2 Å². The largest absolute Gasteiger partial charge is 0.491 e. The number of carbonyl (C=O) groups excluding carboxylic acids is 2. The van der Waals surface area contributed by atoms with Crippen molar-refractivity contribution < 1.29 is 19.1 Å². The topological polar surface area (TPSA) is 93.7 Å². The molecule has 142 valence electrons. The highest BCUT2D eigenvalue weighted by Crippen LogP contribution is 2.30. The van der Waals surface area contributed by atoms with Crippen LogP contribution in [0.1, 0.15) is 33.3 Å². The van der Waals surface area contributed by atoms with Crippen molar-refractivity contribution in [2.45, 2.75) is 46.3 Å². The molecule has 8 nitrogen and oxygen atoms in total. The summed E-state index contributed by atoms with van der Waals surface area (Å²) in [5.74, 6) is 1.22. The van der Waals surface area contributed by atoms with Gasteiger partial charge >= 0.3 is 6.03 Å². The maximum absolute atomic E-state index is 12.4. The number of aromatic nitrogens is 2. The number of anilines is 1. The maximum Gasteiger partial charge on any atom is 0.330 e. The Hall–Kier alpha value is -3.16. The van der Waals surface area contributed by atoms with Crippen molar-refractivity contribution >= 4 is 17.8 Å². The zero-order valence-electron chi connectivity index (χ0n) is 15.9. The molecule has 0 atom stereocenters. The SMILES string of the molecule is Cc1ccc(Oc2cc(N3C(=O)NC(C)(C)C3=O)ncn2)cc1OC(C)C. The first-order valence-corrected chi connectivity index (χ1v) is 8.61. The lowest BCUT2D eigenvalue weighted by Crippen LogP contribution is -2.40. The molecule has 0 saturated carbocycles. The van der Waals surface area contributed by atoms with Gasteiger partial charge in [0.05, 0.1) is 6.10 Å². The van der Waals surface area contributed by atoms with Gasteiger partial charge in [0.1, 0.15) is 23.4 Å². The van der Waals surface area contributed by atoms with E-state index in [4.69, 9.17) is 9.47 Å². The molecule has 1 aliphatic heterocycles. The molecule has 2 aromatic rings. The Morgan fingerprint density at radius 2 is 1.89 bits per heavy atom. The molecule has 0 radical (unpaired) electrons. The lowest BCUT2D eigenvalue weighted by Gasteiger charge is -2.16. The third kappa shape index (κ3) is 3.84. The number of nitrogens with one attached hydrogen (secondary N) is 1. The predicted molar refractivity (Wildman–Crippen MR) is 99.1 cm³/mol. The monoisotopic (exact) mass is 370 g/mol. The summed E-state index contributed by atoms with van der Waals surface area (Å²) in [4.78, 5) is 33.6. The second kappa shape index (κ2) is 6.86. The van der Waals surface area contributed by atoms with Gasteiger partial charge in [-0.15, -0.1) is 0 Å². The van der Waals surface area contributed by atoms with Gasteiger partial charge in [0, 0.05) is 12.1 Å². The molecule has 0 unspecified atom stereocenters. The minimum Gasteiger partial charge on any atom is -0.491 e. The number of ether oxygens (including phenoxy) is 2. The Balaban J connectivity index is 1.85. The lowest BCUT2D eigenvalue weighted by molar-refractivity contribution is -0.121. The number of urea groups is 1. The van der Waals surface area contributed by atoms with Crippen LogP contribution in [0.5, 0.6) is 17.4 Å². The molecule has 3 amide bonds. The summed E-state index contributed by atoms with van der Waals surface area (Å²) in [5.41, 5.74) is 0.00399. The van der Waals surface area contributed by atoms with E-state index in [-0.39, 0.29) is 23.7 Å². The molecule has 0 bridgehead atoms. The summed E-state index contributed by atoms with van der Waals surface area (Å²) < 4.78 is 11.5. The van der Waals surface area contributed by atoms with E-state index >= 15 is 0 Å². The van der Waals surface area contributed by atoms with E-state index in [0.717, 1.165) is 10.5 Å². The standard InChI is InChI=1S/C19H22N4O4/c1-11(2)26-14-8-13(7-6-12(14)3)27-16-9-15(20-10-21-16)23-17(24)19(4,5)22-18(23)25/h6-11H,1-5H3,(H,22,25). The van der Waals surface area contributed by atoms with Crippen LogP contribution in [0.15, 0.2) is 30.6 Å². The molecule has 0 spiro atoms. The summed E-state index contributed by atoms with van der Waals surface area (Å²) in [5, 5.41) is 2.61. The number of amides is 3. The summed E-state index contributed by atoms with van der Waals surface area (Å²) in [7, 11) is 0. The highest BCUT2D eigenvalue weighted by atomic mass is 16.5. The third-order valence-corrected chi connectivity index (χ3v) is 3.96. The lowest BCUT2D eigenvalue weighted by atomic mass is 10.1. The first-order valence-electron chi connectivity index (χ1n) is 8.61. The van der Waals surface area contributed by atoms with Gasteiger partial charge in [-0.05, 0) is 46.2 Å². The van der Waals surface area contributed by atoms with Crippen LogP contribution in [0.2, 0.25) is 0 Å². The van der Waals surface area contributed by atoms with E-state index in [1.165, 1.54) is 12.4 Å². The highest BCUT2D eigenvalue weighted by molar-refractivity contribution is 6.22. The van der Waals surface area contributed by atoms with Crippen molar-refractivity contribution in [3.8, 4) is 17.4 Å². The number of hydrogen-bond donors (Lipinski definition) is 1. The summed E-state index contributed by atoms with van der Waals surface area (Å²) >= 11 is 0. The fourth-order valence-electron chi connectivity index (χ4n) is 2.61. The smallest absolute Gasteiger partial charge is 0.330 e. The Bertz CT molecular complexity index is 895. The quantitative estimate of drug-likeness (QED) is 0.813. The van der Waals surface area contributed by atoms with Crippen LogP contribution < -0.4 is 19.7 Å². The third-order valence-electron chi connectivity index (χ3n) is 3.96. The number of aryl methyl sites for hydroxylation is 1. The van der Waals surface area contributed by atoms with Crippen LogP contribution in [-0.4, -0.2) is 33.5 Å². The number of carbonyl (C=O) groups is 2. The molecule has 1 aromatic heterocycles. The number of rotatable bonds is 5. The normalized spacial score (nSPS) is 15.9. The fourth-order valence-corrected chi connectivity index (χ4v) is 2.61. The Labute approximate surface area is 157 Å². The first-order chi connectivity index (χ1) is 12.7. The van der Waals surface area contributed by atoms with Gasteiger partial charge in [0.2, 0.25) is 5.88 Å². The van der Waals surface area contributed by atoms with Crippen LogP contribution in [-0.2, 0) is 4.79 Å². The van der Waals surface area contributed by atoms with E-state index in [9.17, 15) is 9.59 Å². The van der Waals surface area contributed by atoms with E-state index in [1.807, 2.05) is 26.8 Å². The van der Waals surface area contributed by atoms with Gasteiger partial charge in [-0.1, -0.05) is 6.07 Å². The van der Waals surface area contributed by atoms with Crippen LogP contribution in [0.25, 0.3) is 0 Å². The van der Waals surface area contributed by atoms with Gasteiger partial charge in [-0.2, -0.15) is 0 Å². The molecule has 1 aliphatic rings. The van der Waals surface area contributed by atoms with Crippen molar-refractivity contribution in [2.24, 2.45) is 0 Å². The second-order valence-electron chi connectivity index (χ2n) is 7.11. The zero-order valence-corrected chi connectivity index (χ0v) is 15.9. The van der Waals surface area contributed by atoms with E-state index in [1.54, 1.807) is 26.0 Å². The van der Waals surface area contributed by atoms with E-state index in [0.29, 0.717) is 11.5 Å². The van der Waals surface area contributed by atoms with E-state index < -0.39 is 11.6 Å². The molecule has 8 heteroatoms. The molecule has 1 N–H and O–H groups in total. The Kier molecular flexibility index (Phi) is 4.73. The number of hydrogen-bond acceptors (Lipinski definition) is 6. The Morgan fingerprint density at radius 3 is 2.52 bits per heavy atom. The first kappa shape index (κ1) is 18.6. The average Bonchev–Trinajstić information content (AvgIpc) is 2.78. The van der Waals surface area contributed by atoms with Crippen molar-refractivity contribution in [1.82, 2.24) is 15.3 Å². The summed E-state index contributed by atoms with van der Waals surface area (Å²) in [6.45, 7) is 9.11. The molecule has 1 fully saturated rings. The highest BCUT2D eigenvalue weighted by Gasteiger charge is 2.45. The average molecular weight is 370 g/mol. The number of benzene rings is 1. The summed E-state index contributed by atoms with van der Waals surface area (Å²) in [6, 6.07) is 6.36. The van der Waals surface area contributed by atoms with Crippen molar-refractivity contribution in [1.29, 1.82) is 0 Å². The molecular weight excluding hydrogens is 348 g/mol. The zero-order chi connectivity index (χ0) is 19.8. The van der Waals surface area contributed by atoms with Crippen LogP contribution in [0.4, 0.5) is 10.6 Å². The van der Waals surface area contributed by atoms with Crippen molar-refractivity contribution in [2.75, 3.05) is 4.90 Å². The van der Waals surface area contributed by atoms with E-state index in [2.05, 4.69) is 15.3 Å². The predicted octanol–water partition coefficient (Wildman–Crippen LogP) is 3.20. The Morgan fingerprint density at radius 1 is 1.15 bits per heavy atom. The molecule has 2 heterocycles. The molecular formula is C19H22N4O4. The second-order valence-corrected chi connectivity index (χ2v) is 7.11. The molecule has 0 aliphatic carbocycles. The molecule has 27 heavy (non-hydrogen) atoms. The summed E-state index contributed by atoms with van der Waals surface area (Å²) in [6.07, 6.45) is 1.28. The minimum absolute atomic E-state index is 0.0349. The van der Waals surface area contributed by atoms with Crippen molar-refractivity contribution in [3.63, 3.8) is 0 Å². The molecule has 3 rings (SSSR count). The van der Waals surface area contributed by atoms with Crippen LogP contribution >= 0.6 is 0 Å². The number of imide groups is 1. The van der Waals surface area contributed by atoms with Gasteiger partial charge < -0.3 is 14.8 Å². The molecule has 1 saturated heterocycles. The van der Waals surface area contributed by atoms with Gasteiger partial charge in [-0.3, -0.25) is 4.79 Å².